The summed E-state index contributed by atoms with van der Waals surface area (Å²) in [5.74, 6) is -0.782. The van der Waals surface area contributed by atoms with Crippen LogP contribution in [-0.2, 0) is 12.7 Å². The molecule has 2 aromatic rings. The van der Waals surface area contributed by atoms with Gasteiger partial charge in [-0.25, -0.2) is 0 Å². The minimum atomic E-state index is -4.55. The number of nitrogens with zero attached hydrogens (tertiary/aromatic N) is 4. The van der Waals surface area contributed by atoms with Crippen molar-refractivity contribution < 1.29 is 13.2 Å². The van der Waals surface area contributed by atoms with Gasteiger partial charge in [0.05, 0.1) is 23.6 Å². The second-order valence-electron chi connectivity index (χ2n) is 4.34. The highest BCUT2D eigenvalue weighted by Gasteiger charge is 2.40. The third-order valence-electron chi connectivity index (χ3n) is 3.03. The van der Waals surface area contributed by atoms with Gasteiger partial charge >= 0.3 is 6.18 Å². The van der Waals surface area contributed by atoms with Crippen LogP contribution in [0, 0.1) is 0 Å². The second-order valence-corrected chi connectivity index (χ2v) is 4.34. The Labute approximate surface area is 106 Å². The van der Waals surface area contributed by atoms with Gasteiger partial charge in [-0.3, -0.25) is 4.57 Å². The Hall–Kier alpha value is -2.25. The molecule has 0 radical (unpaired) electrons. The molecule has 0 unspecified atom stereocenters. The zero-order valence-corrected chi connectivity index (χ0v) is 9.94. The van der Waals surface area contributed by atoms with Gasteiger partial charge in [-0.05, 0) is 12.1 Å². The van der Waals surface area contributed by atoms with Gasteiger partial charge in [0.1, 0.15) is 0 Å². The molecule has 0 saturated heterocycles. The van der Waals surface area contributed by atoms with Gasteiger partial charge in [0.25, 0.3) is 0 Å². The maximum absolute atomic E-state index is 12.9. The number of para-hydroxylation sites is 1. The van der Waals surface area contributed by atoms with Crippen LogP contribution in [-0.4, -0.2) is 21.8 Å². The predicted molar refractivity (Wildman–Crippen MR) is 62.9 cm³/mol. The summed E-state index contributed by atoms with van der Waals surface area (Å²) in [7, 11) is 1.75. The van der Waals surface area contributed by atoms with Crippen LogP contribution >= 0.6 is 0 Å². The monoisotopic (exact) mass is 269 g/mol. The summed E-state index contributed by atoms with van der Waals surface area (Å²) in [5, 5.41) is 6.87. The Balaban J connectivity index is 2.31. The molecule has 0 aliphatic carbocycles. The lowest BCUT2D eigenvalue weighted by Gasteiger charge is -2.29. The van der Waals surface area contributed by atoms with E-state index in [0.29, 0.717) is 17.1 Å². The predicted octanol–water partition coefficient (Wildman–Crippen LogP) is 1.82. The van der Waals surface area contributed by atoms with E-state index < -0.39 is 12.0 Å². The molecular weight excluding hydrogens is 259 g/mol. The highest BCUT2D eigenvalue weighted by atomic mass is 19.4. The van der Waals surface area contributed by atoms with Crippen LogP contribution in [0.3, 0.4) is 0 Å². The quantitative estimate of drug-likeness (QED) is 0.741. The molecule has 1 aromatic carbocycles. The summed E-state index contributed by atoms with van der Waals surface area (Å²) in [6, 6.07) is 4.83. The molecule has 0 amide bonds. The van der Waals surface area contributed by atoms with Crippen LogP contribution in [0.15, 0.2) is 18.2 Å². The lowest BCUT2D eigenvalue weighted by atomic mass is 10.1. The number of anilines is 2. The first-order valence-electron chi connectivity index (χ1n) is 5.51. The molecule has 2 heterocycles. The van der Waals surface area contributed by atoms with E-state index in [4.69, 9.17) is 5.73 Å². The van der Waals surface area contributed by atoms with E-state index in [1.807, 2.05) is 0 Å². The van der Waals surface area contributed by atoms with Crippen molar-refractivity contribution in [2.75, 3.05) is 17.7 Å². The molecule has 19 heavy (non-hydrogen) atoms. The van der Waals surface area contributed by atoms with Gasteiger partial charge < -0.3 is 10.6 Å². The number of hydrogen-bond donors (Lipinski definition) is 1. The molecule has 1 aliphatic rings. The number of nitrogen functional groups attached to an aromatic ring is 1. The van der Waals surface area contributed by atoms with Crippen LogP contribution in [0.5, 0.6) is 0 Å². The standard InChI is InChI=1S/C11H10F3N5/c1-18-5-8-16-17-10(11(12,13)14)19(8)7-4-2-3-6(15)9(7)18/h2-4H,5,15H2,1H3. The van der Waals surface area contributed by atoms with Crippen molar-refractivity contribution in [1.29, 1.82) is 0 Å². The van der Waals surface area contributed by atoms with Gasteiger partial charge in [0.2, 0.25) is 5.82 Å². The Kier molecular flexibility index (Phi) is 2.25. The highest BCUT2D eigenvalue weighted by molar-refractivity contribution is 5.78. The molecule has 0 saturated carbocycles. The van der Waals surface area contributed by atoms with Crippen molar-refractivity contribution >= 4 is 11.4 Å². The Morgan fingerprint density at radius 2 is 2.00 bits per heavy atom. The second kappa shape index (κ2) is 3.62. The van der Waals surface area contributed by atoms with Crippen molar-refractivity contribution in [3.8, 4) is 5.69 Å². The minimum Gasteiger partial charge on any atom is -0.397 e. The van der Waals surface area contributed by atoms with E-state index in [0.717, 1.165) is 4.57 Å². The van der Waals surface area contributed by atoms with Crippen LogP contribution in [0.1, 0.15) is 11.6 Å². The molecule has 0 spiro atoms. The number of alkyl halides is 3. The van der Waals surface area contributed by atoms with Gasteiger partial charge in [-0.2, -0.15) is 13.2 Å². The maximum atomic E-state index is 12.9. The number of aromatic nitrogens is 3. The topological polar surface area (TPSA) is 60.0 Å². The molecule has 8 heteroatoms. The zero-order chi connectivity index (χ0) is 13.8. The summed E-state index contributed by atoms with van der Waals surface area (Å²) in [5.41, 5.74) is 7.17. The average molecular weight is 269 g/mol. The SMILES string of the molecule is CN1Cc2nnc(C(F)(F)F)n2-c2cccc(N)c21. The van der Waals surface area contributed by atoms with Gasteiger partial charge in [-0.1, -0.05) is 6.07 Å². The molecule has 3 rings (SSSR count). The first-order valence-corrected chi connectivity index (χ1v) is 5.51. The van der Waals surface area contributed by atoms with E-state index in [1.165, 1.54) is 0 Å². The van der Waals surface area contributed by atoms with Crippen LogP contribution in [0.2, 0.25) is 0 Å². The summed E-state index contributed by atoms with van der Waals surface area (Å²) >= 11 is 0. The average Bonchev–Trinajstić information content (AvgIpc) is 2.72. The summed E-state index contributed by atoms with van der Waals surface area (Å²) in [4.78, 5) is 1.76. The van der Waals surface area contributed by atoms with E-state index in [2.05, 4.69) is 10.2 Å². The zero-order valence-electron chi connectivity index (χ0n) is 9.94. The fraction of sp³-hybridized carbons (Fsp3) is 0.273. The highest BCUT2D eigenvalue weighted by Crippen LogP contribution is 2.39. The number of rotatable bonds is 0. The normalized spacial score (nSPS) is 14.2. The molecule has 1 aliphatic heterocycles. The fourth-order valence-corrected chi connectivity index (χ4v) is 2.29. The summed E-state index contributed by atoms with van der Waals surface area (Å²) in [6.45, 7) is 0.226. The van der Waals surface area contributed by atoms with E-state index >= 15 is 0 Å². The van der Waals surface area contributed by atoms with Crippen molar-refractivity contribution in [2.24, 2.45) is 0 Å². The van der Waals surface area contributed by atoms with Gasteiger partial charge in [-0.15, -0.1) is 10.2 Å². The van der Waals surface area contributed by atoms with Crippen molar-refractivity contribution in [3.05, 3.63) is 29.8 Å². The van der Waals surface area contributed by atoms with Gasteiger partial charge in [0.15, 0.2) is 5.82 Å². The van der Waals surface area contributed by atoms with Crippen LogP contribution in [0.25, 0.3) is 5.69 Å². The first kappa shape index (κ1) is 11.8. The summed E-state index contributed by atoms with van der Waals surface area (Å²) in [6.07, 6.45) is -4.55. The number of benzene rings is 1. The number of nitrogens with two attached hydrogens (primary N) is 1. The third kappa shape index (κ3) is 1.63. The number of fused-ring (bicyclic) bond motifs is 3. The van der Waals surface area contributed by atoms with Gasteiger partial charge in [0, 0.05) is 7.05 Å². The summed E-state index contributed by atoms with van der Waals surface area (Å²) < 4.78 is 39.8. The largest absolute Gasteiger partial charge is 0.452 e. The molecular formula is C11H10F3N5. The molecule has 0 atom stereocenters. The van der Waals surface area contributed by atoms with E-state index in [9.17, 15) is 13.2 Å². The fourth-order valence-electron chi connectivity index (χ4n) is 2.29. The van der Waals surface area contributed by atoms with Crippen molar-refractivity contribution in [3.63, 3.8) is 0 Å². The molecule has 2 N–H and O–H groups in total. The molecule has 0 bridgehead atoms. The minimum absolute atomic E-state index is 0.226. The molecule has 5 nitrogen and oxygen atoms in total. The smallest absolute Gasteiger partial charge is 0.397 e. The lowest BCUT2D eigenvalue weighted by molar-refractivity contribution is -0.146. The van der Waals surface area contributed by atoms with Crippen LogP contribution in [0.4, 0.5) is 24.5 Å². The van der Waals surface area contributed by atoms with Crippen molar-refractivity contribution in [1.82, 2.24) is 14.8 Å². The number of halogens is 3. The third-order valence-corrected chi connectivity index (χ3v) is 3.03. The van der Waals surface area contributed by atoms with E-state index in [-0.39, 0.29) is 12.4 Å². The van der Waals surface area contributed by atoms with E-state index in [1.54, 1.807) is 30.1 Å². The molecule has 0 fully saturated rings. The molecule has 100 valence electrons. The first-order chi connectivity index (χ1) is 8.89. The Bertz CT molecular complexity index is 646. The maximum Gasteiger partial charge on any atom is 0.452 e. The number of hydrogen-bond acceptors (Lipinski definition) is 4. The molecule has 1 aromatic heterocycles. The lowest BCUT2D eigenvalue weighted by Crippen LogP contribution is -2.28. The van der Waals surface area contributed by atoms with Crippen molar-refractivity contribution in [2.45, 2.75) is 12.7 Å². The Morgan fingerprint density at radius 1 is 1.26 bits per heavy atom. The van der Waals surface area contributed by atoms with Crippen LogP contribution < -0.4 is 10.6 Å². The Morgan fingerprint density at radius 3 is 2.68 bits per heavy atom.